The SMILES string of the molecule is COc1cccc(C2CN(C(=O)Nc3ccc(C)cc3)CC2C(=O)N2CCN(C)CC2)c1. The average Bonchev–Trinajstić information content (AvgIpc) is 3.26. The van der Waals surface area contributed by atoms with Crippen LogP contribution in [0.2, 0.25) is 0 Å². The van der Waals surface area contributed by atoms with Crippen LogP contribution in [0.15, 0.2) is 48.5 Å². The van der Waals surface area contributed by atoms with Gasteiger partial charge >= 0.3 is 6.03 Å². The molecule has 7 heteroatoms. The van der Waals surface area contributed by atoms with E-state index in [1.54, 1.807) is 12.0 Å². The Morgan fingerprint density at radius 2 is 1.69 bits per heavy atom. The van der Waals surface area contributed by atoms with Crippen molar-refractivity contribution in [3.63, 3.8) is 0 Å². The van der Waals surface area contributed by atoms with Crippen molar-refractivity contribution in [2.24, 2.45) is 5.92 Å². The predicted octanol–water partition coefficient (Wildman–Crippen LogP) is 3.03. The second kappa shape index (κ2) is 9.61. The molecule has 0 bridgehead atoms. The minimum atomic E-state index is -0.269. The summed E-state index contributed by atoms with van der Waals surface area (Å²) in [6, 6.07) is 15.4. The number of ether oxygens (including phenoxy) is 1. The predicted molar refractivity (Wildman–Crippen MR) is 125 cm³/mol. The Morgan fingerprint density at radius 1 is 0.969 bits per heavy atom. The van der Waals surface area contributed by atoms with E-state index in [-0.39, 0.29) is 23.8 Å². The van der Waals surface area contributed by atoms with Crippen molar-refractivity contribution in [1.82, 2.24) is 14.7 Å². The summed E-state index contributed by atoms with van der Waals surface area (Å²) in [7, 11) is 3.72. The minimum absolute atomic E-state index is 0.0685. The highest BCUT2D eigenvalue weighted by Crippen LogP contribution is 2.36. The molecule has 2 atom stereocenters. The van der Waals surface area contributed by atoms with Crippen LogP contribution < -0.4 is 10.1 Å². The number of anilines is 1. The highest BCUT2D eigenvalue weighted by molar-refractivity contribution is 5.91. The molecular weight excluding hydrogens is 404 g/mol. The lowest BCUT2D eigenvalue weighted by atomic mass is 9.87. The topological polar surface area (TPSA) is 65.1 Å². The van der Waals surface area contributed by atoms with Gasteiger partial charge in [0.1, 0.15) is 5.75 Å². The molecule has 2 aromatic rings. The second-order valence-corrected chi connectivity index (χ2v) is 8.82. The number of carbonyl (C=O) groups is 2. The van der Waals surface area contributed by atoms with Gasteiger partial charge in [0, 0.05) is 50.9 Å². The van der Waals surface area contributed by atoms with Gasteiger partial charge in [-0.2, -0.15) is 0 Å². The molecule has 0 saturated carbocycles. The quantitative estimate of drug-likeness (QED) is 0.800. The molecule has 3 amide bonds. The molecule has 1 N–H and O–H groups in total. The number of aryl methyl sites for hydroxylation is 1. The summed E-state index contributed by atoms with van der Waals surface area (Å²) in [6.45, 7) is 6.12. The molecule has 2 heterocycles. The summed E-state index contributed by atoms with van der Waals surface area (Å²) in [5.74, 6) is 0.558. The summed E-state index contributed by atoms with van der Waals surface area (Å²) in [6.07, 6.45) is 0. The smallest absolute Gasteiger partial charge is 0.321 e. The van der Waals surface area contributed by atoms with Crippen molar-refractivity contribution in [2.75, 3.05) is 58.7 Å². The molecule has 2 aromatic carbocycles. The Kier molecular flexibility index (Phi) is 6.65. The molecule has 7 nitrogen and oxygen atoms in total. The highest BCUT2D eigenvalue weighted by atomic mass is 16.5. The van der Waals surface area contributed by atoms with Gasteiger partial charge in [0.25, 0.3) is 0 Å². The van der Waals surface area contributed by atoms with Crippen LogP contribution in [-0.4, -0.2) is 80.1 Å². The van der Waals surface area contributed by atoms with Crippen molar-refractivity contribution >= 4 is 17.6 Å². The van der Waals surface area contributed by atoms with Gasteiger partial charge in [0.2, 0.25) is 5.91 Å². The number of methoxy groups -OCH3 is 1. The van der Waals surface area contributed by atoms with Crippen LogP contribution in [0.25, 0.3) is 0 Å². The van der Waals surface area contributed by atoms with E-state index in [0.717, 1.165) is 48.7 Å². The van der Waals surface area contributed by atoms with Crippen LogP contribution in [0.5, 0.6) is 5.75 Å². The zero-order chi connectivity index (χ0) is 22.7. The van der Waals surface area contributed by atoms with Crippen molar-refractivity contribution in [3.05, 3.63) is 59.7 Å². The van der Waals surface area contributed by atoms with Crippen LogP contribution >= 0.6 is 0 Å². The number of likely N-dealkylation sites (tertiary alicyclic amines) is 1. The third-order valence-corrected chi connectivity index (χ3v) is 6.56. The van der Waals surface area contributed by atoms with E-state index < -0.39 is 0 Å². The lowest BCUT2D eigenvalue weighted by molar-refractivity contribution is -0.137. The number of piperazine rings is 1. The number of hydrogen-bond acceptors (Lipinski definition) is 4. The highest BCUT2D eigenvalue weighted by Gasteiger charge is 2.42. The molecule has 2 fully saturated rings. The van der Waals surface area contributed by atoms with E-state index in [9.17, 15) is 9.59 Å². The molecule has 0 aliphatic carbocycles. The number of hydrogen-bond donors (Lipinski definition) is 1. The molecule has 0 radical (unpaired) electrons. The van der Waals surface area contributed by atoms with Gasteiger partial charge < -0.3 is 24.8 Å². The number of amides is 3. The van der Waals surface area contributed by atoms with Gasteiger partial charge in [-0.15, -0.1) is 0 Å². The Balaban J connectivity index is 1.54. The van der Waals surface area contributed by atoms with E-state index in [4.69, 9.17) is 4.74 Å². The van der Waals surface area contributed by atoms with Crippen LogP contribution in [0.1, 0.15) is 17.0 Å². The average molecular weight is 437 g/mol. The summed E-state index contributed by atoms with van der Waals surface area (Å²) in [5, 5.41) is 2.98. The first-order valence-corrected chi connectivity index (χ1v) is 11.2. The van der Waals surface area contributed by atoms with E-state index in [2.05, 4.69) is 17.3 Å². The molecule has 2 unspecified atom stereocenters. The van der Waals surface area contributed by atoms with Crippen LogP contribution in [0.4, 0.5) is 10.5 Å². The molecule has 2 aliphatic heterocycles. The maximum absolute atomic E-state index is 13.5. The zero-order valence-corrected chi connectivity index (χ0v) is 19.1. The second-order valence-electron chi connectivity index (χ2n) is 8.82. The van der Waals surface area contributed by atoms with E-state index in [1.807, 2.05) is 60.4 Å². The van der Waals surface area contributed by atoms with Gasteiger partial charge in [0.15, 0.2) is 0 Å². The molecule has 2 saturated heterocycles. The van der Waals surface area contributed by atoms with Gasteiger partial charge in [-0.25, -0.2) is 4.79 Å². The lowest BCUT2D eigenvalue weighted by Crippen LogP contribution is -2.50. The lowest BCUT2D eigenvalue weighted by Gasteiger charge is -2.35. The Bertz CT molecular complexity index is 954. The summed E-state index contributed by atoms with van der Waals surface area (Å²) in [5.41, 5.74) is 2.93. The number of likely N-dealkylation sites (N-methyl/N-ethyl adjacent to an activating group) is 1. The molecule has 0 aromatic heterocycles. The van der Waals surface area contributed by atoms with E-state index in [0.29, 0.717) is 13.1 Å². The van der Waals surface area contributed by atoms with Crippen molar-refractivity contribution in [3.8, 4) is 5.75 Å². The van der Waals surface area contributed by atoms with E-state index >= 15 is 0 Å². The molecule has 170 valence electrons. The molecule has 32 heavy (non-hydrogen) atoms. The Hall–Kier alpha value is -3.06. The van der Waals surface area contributed by atoms with Crippen molar-refractivity contribution in [1.29, 1.82) is 0 Å². The van der Waals surface area contributed by atoms with Gasteiger partial charge in [-0.1, -0.05) is 29.8 Å². The standard InChI is InChI=1S/C25H32N4O3/c1-18-7-9-20(10-8-18)26-25(31)29-16-22(19-5-4-6-21(15-19)32-3)23(17-29)24(30)28-13-11-27(2)12-14-28/h4-10,15,22-23H,11-14,16-17H2,1-3H3,(H,26,31). The fourth-order valence-electron chi connectivity index (χ4n) is 4.53. The maximum Gasteiger partial charge on any atom is 0.321 e. The van der Waals surface area contributed by atoms with Crippen molar-refractivity contribution < 1.29 is 14.3 Å². The molecule has 0 spiro atoms. The zero-order valence-electron chi connectivity index (χ0n) is 19.1. The summed E-state index contributed by atoms with van der Waals surface area (Å²) < 4.78 is 5.41. The summed E-state index contributed by atoms with van der Waals surface area (Å²) in [4.78, 5) is 32.5. The first kappa shape index (κ1) is 22.1. The third-order valence-electron chi connectivity index (χ3n) is 6.56. The van der Waals surface area contributed by atoms with Gasteiger partial charge in [-0.3, -0.25) is 4.79 Å². The first-order valence-electron chi connectivity index (χ1n) is 11.2. The fourth-order valence-corrected chi connectivity index (χ4v) is 4.53. The number of nitrogens with one attached hydrogen (secondary N) is 1. The van der Waals surface area contributed by atoms with Crippen LogP contribution in [0.3, 0.4) is 0 Å². The van der Waals surface area contributed by atoms with E-state index in [1.165, 1.54) is 0 Å². The largest absolute Gasteiger partial charge is 0.497 e. The molecular formula is C25H32N4O3. The van der Waals surface area contributed by atoms with Gasteiger partial charge in [-0.05, 0) is 43.8 Å². The Labute approximate surface area is 189 Å². The number of benzene rings is 2. The normalized spacial score (nSPS) is 21.5. The number of nitrogens with zero attached hydrogens (tertiary/aromatic N) is 3. The maximum atomic E-state index is 13.5. The van der Waals surface area contributed by atoms with Gasteiger partial charge in [0.05, 0.1) is 13.0 Å². The Morgan fingerprint density at radius 3 is 2.38 bits per heavy atom. The van der Waals surface area contributed by atoms with Crippen LogP contribution in [0, 0.1) is 12.8 Å². The molecule has 2 aliphatic rings. The van der Waals surface area contributed by atoms with Crippen molar-refractivity contribution in [2.45, 2.75) is 12.8 Å². The number of urea groups is 1. The third kappa shape index (κ3) is 4.88. The molecule has 4 rings (SSSR count). The number of carbonyl (C=O) groups excluding carboxylic acids is 2. The van der Waals surface area contributed by atoms with Crippen LogP contribution in [-0.2, 0) is 4.79 Å². The first-order chi connectivity index (χ1) is 15.4. The monoisotopic (exact) mass is 436 g/mol. The fraction of sp³-hybridized carbons (Fsp3) is 0.440. The summed E-state index contributed by atoms with van der Waals surface area (Å²) >= 11 is 0. The number of rotatable bonds is 4. The minimum Gasteiger partial charge on any atom is -0.497 e.